The molecule has 0 unspecified atom stereocenters. The van der Waals surface area contributed by atoms with E-state index in [1.807, 2.05) is 30.3 Å². The van der Waals surface area contributed by atoms with Gasteiger partial charge in [-0.3, -0.25) is 0 Å². The van der Waals surface area contributed by atoms with Crippen LogP contribution in [-0.2, 0) is 4.79 Å². The van der Waals surface area contributed by atoms with E-state index in [2.05, 4.69) is 6.58 Å². The minimum atomic E-state index is -0.500. The number of methoxy groups -OCH3 is 1. The highest BCUT2D eigenvalue weighted by Gasteiger charge is 2.11. The zero-order valence-electron chi connectivity index (χ0n) is 9.47. The number of esters is 1. The van der Waals surface area contributed by atoms with Gasteiger partial charge in [-0.2, -0.15) is 0 Å². The quantitative estimate of drug-likeness (QED) is 0.460. The summed E-state index contributed by atoms with van der Waals surface area (Å²) in [6.07, 6.45) is 1.13. The van der Waals surface area contributed by atoms with Gasteiger partial charge in [0.05, 0.1) is 7.11 Å². The summed E-state index contributed by atoms with van der Waals surface area (Å²) in [4.78, 5) is 11.3. The van der Waals surface area contributed by atoms with Crippen molar-refractivity contribution in [3.8, 4) is 11.5 Å². The van der Waals surface area contributed by atoms with E-state index in [0.717, 1.165) is 16.8 Å². The zero-order chi connectivity index (χ0) is 12.3. The van der Waals surface area contributed by atoms with Crippen LogP contribution < -0.4 is 9.47 Å². The molecule has 0 amide bonds. The minimum absolute atomic E-state index is 0.426. The first kappa shape index (κ1) is 11.2. The van der Waals surface area contributed by atoms with Gasteiger partial charge in [0, 0.05) is 11.5 Å². The Labute approximate surface area is 99.3 Å². The van der Waals surface area contributed by atoms with Gasteiger partial charge >= 0.3 is 5.97 Å². The Kier molecular flexibility index (Phi) is 3.10. The summed E-state index contributed by atoms with van der Waals surface area (Å²) in [5.74, 6) is 0.453. The number of benzene rings is 2. The molecule has 2 aromatic rings. The third kappa shape index (κ3) is 2.13. The molecule has 2 aromatic carbocycles. The molecule has 0 bridgehead atoms. The standard InChI is InChI=1S/C14H12O3/c1-3-13(15)17-14-11-7-5-4-6-10(11)8-9-12(14)16-2/h3-9H,1H2,2H3. The molecule has 0 aliphatic carbocycles. The Morgan fingerprint density at radius 3 is 2.71 bits per heavy atom. The van der Waals surface area contributed by atoms with E-state index < -0.39 is 5.97 Å². The molecule has 0 aliphatic heterocycles. The molecule has 0 radical (unpaired) electrons. The predicted octanol–water partition coefficient (Wildman–Crippen LogP) is 2.94. The van der Waals surface area contributed by atoms with Crippen LogP contribution in [0.15, 0.2) is 49.1 Å². The van der Waals surface area contributed by atoms with Gasteiger partial charge in [-0.05, 0) is 11.5 Å². The van der Waals surface area contributed by atoms with Crippen LogP contribution in [-0.4, -0.2) is 13.1 Å². The molecule has 0 saturated heterocycles. The zero-order valence-corrected chi connectivity index (χ0v) is 9.47. The van der Waals surface area contributed by atoms with Crippen LogP contribution in [0, 0.1) is 0 Å². The molecule has 86 valence electrons. The smallest absolute Gasteiger partial charge is 0.335 e. The molecule has 0 aromatic heterocycles. The van der Waals surface area contributed by atoms with E-state index in [-0.39, 0.29) is 0 Å². The van der Waals surface area contributed by atoms with Crippen LogP contribution in [0.2, 0.25) is 0 Å². The van der Waals surface area contributed by atoms with Gasteiger partial charge in [0.2, 0.25) is 0 Å². The fourth-order valence-electron chi connectivity index (χ4n) is 1.63. The molecule has 17 heavy (non-hydrogen) atoms. The number of carbonyl (C=O) groups is 1. The molecule has 0 fully saturated rings. The van der Waals surface area contributed by atoms with E-state index in [0.29, 0.717) is 11.5 Å². The van der Waals surface area contributed by atoms with Crippen molar-refractivity contribution in [2.45, 2.75) is 0 Å². The number of ether oxygens (including phenoxy) is 2. The first-order valence-corrected chi connectivity index (χ1v) is 5.16. The van der Waals surface area contributed by atoms with E-state index >= 15 is 0 Å². The van der Waals surface area contributed by atoms with Crippen molar-refractivity contribution in [3.05, 3.63) is 49.1 Å². The lowest BCUT2D eigenvalue weighted by Gasteiger charge is -2.10. The SMILES string of the molecule is C=CC(=O)Oc1c(OC)ccc2ccccc12. The van der Waals surface area contributed by atoms with Crippen molar-refractivity contribution in [1.82, 2.24) is 0 Å². The monoisotopic (exact) mass is 228 g/mol. The molecular formula is C14H12O3. The highest BCUT2D eigenvalue weighted by Crippen LogP contribution is 2.35. The Hall–Kier alpha value is -2.29. The second-order valence-electron chi connectivity index (χ2n) is 3.44. The Bertz CT molecular complexity index is 573. The topological polar surface area (TPSA) is 35.5 Å². The number of hydrogen-bond donors (Lipinski definition) is 0. The summed E-state index contributed by atoms with van der Waals surface area (Å²) in [6.45, 7) is 3.38. The summed E-state index contributed by atoms with van der Waals surface area (Å²) >= 11 is 0. The molecule has 0 atom stereocenters. The Morgan fingerprint density at radius 2 is 2.00 bits per heavy atom. The summed E-state index contributed by atoms with van der Waals surface area (Å²) < 4.78 is 10.4. The first-order chi connectivity index (χ1) is 8.26. The van der Waals surface area contributed by atoms with Crippen molar-refractivity contribution in [2.24, 2.45) is 0 Å². The van der Waals surface area contributed by atoms with Gasteiger partial charge in [0.1, 0.15) is 0 Å². The average Bonchev–Trinajstić information content (AvgIpc) is 2.39. The first-order valence-electron chi connectivity index (χ1n) is 5.16. The van der Waals surface area contributed by atoms with Crippen molar-refractivity contribution >= 4 is 16.7 Å². The van der Waals surface area contributed by atoms with Gasteiger partial charge < -0.3 is 9.47 Å². The molecule has 0 N–H and O–H groups in total. The summed E-state index contributed by atoms with van der Waals surface area (Å²) in [5.41, 5.74) is 0. The molecule has 0 saturated carbocycles. The maximum absolute atomic E-state index is 11.3. The highest BCUT2D eigenvalue weighted by molar-refractivity contribution is 5.94. The normalized spacial score (nSPS) is 9.94. The van der Waals surface area contributed by atoms with Crippen molar-refractivity contribution in [1.29, 1.82) is 0 Å². The highest BCUT2D eigenvalue weighted by atomic mass is 16.6. The van der Waals surface area contributed by atoms with Crippen molar-refractivity contribution in [2.75, 3.05) is 7.11 Å². The second-order valence-corrected chi connectivity index (χ2v) is 3.44. The second kappa shape index (κ2) is 4.70. The van der Waals surface area contributed by atoms with Gasteiger partial charge in [-0.25, -0.2) is 4.79 Å². The van der Waals surface area contributed by atoms with Gasteiger partial charge in [-0.15, -0.1) is 0 Å². The molecule has 2 rings (SSSR count). The van der Waals surface area contributed by atoms with Crippen LogP contribution in [0.4, 0.5) is 0 Å². The van der Waals surface area contributed by atoms with Gasteiger partial charge in [0.25, 0.3) is 0 Å². The molecule has 0 spiro atoms. The lowest BCUT2D eigenvalue weighted by Crippen LogP contribution is -2.05. The fraction of sp³-hybridized carbons (Fsp3) is 0.0714. The lowest BCUT2D eigenvalue weighted by atomic mass is 10.1. The number of carbonyl (C=O) groups excluding carboxylic acids is 1. The molecule has 3 heteroatoms. The third-order valence-electron chi connectivity index (χ3n) is 2.43. The van der Waals surface area contributed by atoms with Crippen LogP contribution in [0.5, 0.6) is 11.5 Å². The Morgan fingerprint density at radius 1 is 1.24 bits per heavy atom. The van der Waals surface area contributed by atoms with Crippen molar-refractivity contribution < 1.29 is 14.3 Å². The van der Waals surface area contributed by atoms with Gasteiger partial charge in [-0.1, -0.05) is 36.9 Å². The number of rotatable bonds is 3. The summed E-state index contributed by atoms with van der Waals surface area (Å²) in [7, 11) is 1.54. The van der Waals surface area contributed by atoms with E-state index in [9.17, 15) is 4.79 Å². The number of hydrogen-bond acceptors (Lipinski definition) is 3. The fourth-order valence-corrected chi connectivity index (χ4v) is 1.63. The largest absolute Gasteiger partial charge is 0.493 e. The average molecular weight is 228 g/mol. The summed E-state index contributed by atoms with van der Waals surface area (Å²) in [5, 5.41) is 1.82. The third-order valence-corrected chi connectivity index (χ3v) is 2.43. The van der Waals surface area contributed by atoms with Crippen LogP contribution in [0.3, 0.4) is 0 Å². The molecular weight excluding hydrogens is 216 g/mol. The van der Waals surface area contributed by atoms with E-state index in [4.69, 9.17) is 9.47 Å². The van der Waals surface area contributed by atoms with Crippen LogP contribution in [0.1, 0.15) is 0 Å². The van der Waals surface area contributed by atoms with E-state index in [1.54, 1.807) is 6.07 Å². The van der Waals surface area contributed by atoms with Crippen molar-refractivity contribution in [3.63, 3.8) is 0 Å². The maximum Gasteiger partial charge on any atom is 0.335 e. The van der Waals surface area contributed by atoms with Crippen LogP contribution in [0.25, 0.3) is 10.8 Å². The molecule has 0 aliphatic rings. The predicted molar refractivity (Wildman–Crippen MR) is 66.3 cm³/mol. The lowest BCUT2D eigenvalue weighted by molar-refractivity contribution is -0.128. The summed E-state index contributed by atoms with van der Waals surface area (Å²) in [6, 6.07) is 11.3. The number of fused-ring (bicyclic) bond motifs is 1. The van der Waals surface area contributed by atoms with E-state index in [1.165, 1.54) is 7.11 Å². The van der Waals surface area contributed by atoms with Crippen LogP contribution >= 0.6 is 0 Å². The Balaban J connectivity index is 2.62. The minimum Gasteiger partial charge on any atom is -0.493 e. The molecule has 0 heterocycles. The maximum atomic E-state index is 11.3. The van der Waals surface area contributed by atoms with Gasteiger partial charge in [0.15, 0.2) is 11.5 Å². The molecule has 3 nitrogen and oxygen atoms in total.